The molecule has 2 rings (SSSR count). The maximum atomic E-state index is 11.1. The van der Waals surface area contributed by atoms with Gasteiger partial charge in [0.25, 0.3) is 0 Å². The predicted octanol–water partition coefficient (Wildman–Crippen LogP) is 2.46. The molecule has 2 N–H and O–H groups in total. The fourth-order valence-corrected chi connectivity index (χ4v) is 2.85. The van der Waals surface area contributed by atoms with Crippen molar-refractivity contribution in [3.05, 3.63) is 29.8 Å². The lowest BCUT2D eigenvalue weighted by molar-refractivity contribution is -0.142. The number of hydrogen-bond acceptors (Lipinski definition) is 3. The second-order valence-electron chi connectivity index (χ2n) is 5.45. The molecular weight excluding hydrogens is 254 g/mol. The van der Waals surface area contributed by atoms with Crippen molar-refractivity contribution in [2.24, 2.45) is 11.8 Å². The van der Waals surface area contributed by atoms with Crippen LogP contribution in [0.1, 0.15) is 24.8 Å². The van der Waals surface area contributed by atoms with Crippen LogP contribution < -0.4 is 10.1 Å². The third-order valence-electron chi connectivity index (χ3n) is 4.01. The first-order valence-electron chi connectivity index (χ1n) is 7.30. The molecule has 1 aliphatic rings. The SMILES string of the molecule is Cc1ccccc1OCCNCC1CCCC1C(=O)O. The second-order valence-corrected chi connectivity index (χ2v) is 5.45. The van der Waals surface area contributed by atoms with E-state index in [-0.39, 0.29) is 11.8 Å². The molecule has 1 aliphatic carbocycles. The van der Waals surface area contributed by atoms with Gasteiger partial charge in [-0.1, -0.05) is 24.6 Å². The Morgan fingerprint density at radius 2 is 2.20 bits per heavy atom. The van der Waals surface area contributed by atoms with E-state index >= 15 is 0 Å². The van der Waals surface area contributed by atoms with Crippen LogP contribution in [0.4, 0.5) is 0 Å². The molecular formula is C16H23NO3. The van der Waals surface area contributed by atoms with Crippen molar-refractivity contribution in [2.75, 3.05) is 19.7 Å². The molecule has 4 nitrogen and oxygen atoms in total. The summed E-state index contributed by atoms with van der Waals surface area (Å²) >= 11 is 0. The highest BCUT2D eigenvalue weighted by molar-refractivity contribution is 5.70. The molecule has 1 aromatic rings. The molecule has 0 heterocycles. The quantitative estimate of drug-likeness (QED) is 0.752. The van der Waals surface area contributed by atoms with Gasteiger partial charge < -0.3 is 15.2 Å². The van der Waals surface area contributed by atoms with Gasteiger partial charge in [-0.05, 0) is 43.9 Å². The second kappa shape index (κ2) is 7.29. The van der Waals surface area contributed by atoms with E-state index in [9.17, 15) is 4.79 Å². The average Bonchev–Trinajstić information content (AvgIpc) is 2.89. The zero-order chi connectivity index (χ0) is 14.4. The molecule has 4 heteroatoms. The summed E-state index contributed by atoms with van der Waals surface area (Å²) in [5.41, 5.74) is 1.13. The van der Waals surface area contributed by atoms with Gasteiger partial charge in [0, 0.05) is 6.54 Å². The van der Waals surface area contributed by atoms with Crippen LogP contribution in [-0.4, -0.2) is 30.8 Å². The molecule has 20 heavy (non-hydrogen) atoms. The Bertz CT molecular complexity index is 447. The maximum Gasteiger partial charge on any atom is 0.306 e. The molecule has 0 aliphatic heterocycles. The summed E-state index contributed by atoms with van der Waals surface area (Å²) in [4.78, 5) is 11.1. The molecule has 0 spiro atoms. The van der Waals surface area contributed by atoms with Crippen molar-refractivity contribution in [1.82, 2.24) is 5.32 Å². The van der Waals surface area contributed by atoms with Crippen LogP contribution in [-0.2, 0) is 4.79 Å². The minimum atomic E-state index is -0.648. The highest BCUT2D eigenvalue weighted by Crippen LogP contribution is 2.31. The highest BCUT2D eigenvalue weighted by atomic mass is 16.5. The van der Waals surface area contributed by atoms with Crippen LogP contribution in [0.15, 0.2) is 24.3 Å². The number of rotatable bonds is 7. The van der Waals surface area contributed by atoms with Crippen LogP contribution in [0.2, 0.25) is 0 Å². The third kappa shape index (κ3) is 3.97. The Kier molecular flexibility index (Phi) is 5.41. The van der Waals surface area contributed by atoms with Crippen LogP contribution in [0.5, 0.6) is 5.75 Å². The number of ether oxygens (including phenoxy) is 1. The fourth-order valence-electron chi connectivity index (χ4n) is 2.85. The van der Waals surface area contributed by atoms with Crippen LogP contribution >= 0.6 is 0 Å². The Morgan fingerprint density at radius 3 is 2.95 bits per heavy atom. The summed E-state index contributed by atoms with van der Waals surface area (Å²) in [6.45, 7) is 4.15. The first kappa shape index (κ1) is 14.9. The molecule has 0 radical (unpaired) electrons. The monoisotopic (exact) mass is 277 g/mol. The standard InChI is InChI=1S/C16H23NO3/c1-12-5-2-3-8-15(12)20-10-9-17-11-13-6-4-7-14(13)16(18)19/h2-3,5,8,13-14,17H,4,6-7,9-11H2,1H3,(H,18,19). The van der Waals surface area contributed by atoms with Crippen molar-refractivity contribution in [1.29, 1.82) is 0 Å². The molecule has 1 aromatic carbocycles. The van der Waals surface area contributed by atoms with Crippen molar-refractivity contribution in [3.63, 3.8) is 0 Å². The van der Waals surface area contributed by atoms with Gasteiger partial charge >= 0.3 is 5.97 Å². The van der Waals surface area contributed by atoms with E-state index in [1.165, 1.54) is 0 Å². The van der Waals surface area contributed by atoms with Gasteiger partial charge in [-0.2, -0.15) is 0 Å². The molecule has 2 unspecified atom stereocenters. The van der Waals surface area contributed by atoms with Crippen molar-refractivity contribution >= 4 is 5.97 Å². The van der Waals surface area contributed by atoms with E-state index in [1.54, 1.807) is 0 Å². The predicted molar refractivity (Wildman–Crippen MR) is 78.0 cm³/mol. The molecule has 0 saturated heterocycles. The van der Waals surface area contributed by atoms with Crippen molar-refractivity contribution in [2.45, 2.75) is 26.2 Å². The van der Waals surface area contributed by atoms with Crippen molar-refractivity contribution < 1.29 is 14.6 Å². The lowest BCUT2D eigenvalue weighted by atomic mass is 9.96. The first-order chi connectivity index (χ1) is 9.68. The van der Waals surface area contributed by atoms with E-state index < -0.39 is 5.97 Å². The Labute approximate surface area is 120 Å². The van der Waals surface area contributed by atoms with Crippen LogP contribution in [0, 0.1) is 18.8 Å². The summed E-state index contributed by atoms with van der Waals surface area (Å²) in [6.07, 6.45) is 2.87. The fraction of sp³-hybridized carbons (Fsp3) is 0.562. The number of hydrogen-bond donors (Lipinski definition) is 2. The average molecular weight is 277 g/mol. The Hall–Kier alpha value is -1.55. The smallest absolute Gasteiger partial charge is 0.306 e. The summed E-state index contributed by atoms with van der Waals surface area (Å²) in [6, 6.07) is 7.95. The number of aryl methyl sites for hydroxylation is 1. The molecule has 0 bridgehead atoms. The lowest BCUT2D eigenvalue weighted by Crippen LogP contribution is -2.31. The summed E-state index contributed by atoms with van der Waals surface area (Å²) in [5.74, 6) is 0.370. The Morgan fingerprint density at radius 1 is 1.40 bits per heavy atom. The topological polar surface area (TPSA) is 58.6 Å². The molecule has 0 amide bonds. The van der Waals surface area contributed by atoms with Gasteiger partial charge in [0.2, 0.25) is 0 Å². The number of para-hydroxylation sites is 1. The minimum absolute atomic E-state index is 0.167. The van der Waals surface area contributed by atoms with Gasteiger partial charge in [0.1, 0.15) is 12.4 Å². The minimum Gasteiger partial charge on any atom is -0.492 e. The lowest BCUT2D eigenvalue weighted by Gasteiger charge is -2.16. The number of nitrogens with one attached hydrogen (secondary N) is 1. The number of aliphatic carboxylic acids is 1. The number of carbonyl (C=O) groups is 1. The summed E-state index contributed by atoms with van der Waals surface area (Å²) in [7, 11) is 0. The van der Waals surface area contributed by atoms with Gasteiger partial charge in [0.15, 0.2) is 0 Å². The molecule has 1 fully saturated rings. The molecule has 2 atom stereocenters. The Balaban J connectivity index is 1.65. The van der Waals surface area contributed by atoms with E-state index in [0.717, 1.165) is 43.7 Å². The van der Waals surface area contributed by atoms with Crippen LogP contribution in [0.3, 0.4) is 0 Å². The number of carboxylic acids is 1. The normalized spacial score (nSPS) is 21.9. The zero-order valence-corrected chi connectivity index (χ0v) is 12.0. The third-order valence-corrected chi connectivity index (χ3v) is 4.01. The van der Waals surface area contributed by atoms with Crippen molar-refractivity contribution in [3.8, 4) is 5.75 Å². The van der Waals surface area contributed by atoms with Crippen LogP contribution in [0.25, 0.3) is 0 Å². The molecule has 1 saturated carbocycles. The zero-order valence-electron chi connectivity index (χ0n) is 12.0. The van der Waals surface area contributed by atoms with Gasteiger partial charge in [-0.25, -0.2) is 0 Å². The van der Waals surface area contributed by atoms with Gasteiger partial charge in [-0.3, -0.25) is 4.79 Å². The van der Waals surface area contributed by atoms with E-state index in [4.69, 9.17) is 9.84 Å². The number of benzene rings is 1. The first-order valence-corrected chi connectivity index (χ1v) is 7.30. The van der Waals surface area contributed by atoms with E-state index in [1.807, 2.05) is 31.2 Å². The number of carboxylic acid groups (broad SMARTS) is 1. The maximum absolute atomic E-state index is 11.1. The summed E-state index contributed by atoms with van der Waals surface area (Å²) < 4.78 is 5.70. The van der Waals surface area contributed by atoms with E-state index in [0.29, 0.717) is 6.61 Å². The largest absolute Gasteiger partial charge is 0.492 e. The molecule has 110 valence electrons. The summed E-state index contributed by atoms with van der Waals surface area (Å²) in [5, 5.41) is 12.4. The van der Waals surface area contributed by atoms with E-state index in [2.05, 4.69) is 5.32 Å². The highest BCUT2D eigenvalue weighted by Gasteiger charge is 2.32. The van der Waals surface area contributed by atoms with Gasteiger partial charge in [0.05, 0.1) is 5.92 Å². The van der Waals surface area contributed by atoms with Gasteiger partial charge in [-0.15, -0.1) is 0 Å². The molecule has 0 aromatic heterocycles.